The van der Waals surface area contributed by atoms with Crippen LogP contribution in [-0.2, 0) is 6.42 Å². The molecule has 16 heavy (non-hydrogen) atoms. The van der Waals surface area contributed by atoms with Crippen molar-refractivity contribution in [2.75, 3.05) is 7.11 Å². The van der Waals surface area contributed by atoms with Gasteiger partial charge in [0, 0.05) is 23.1 Å². The molecule has 0 aliphatic heterocycles. The largest absolute Gasteiger partial charge is 0.497 e. The van der Waals surface area contributed by atoms with Crippen LogP contribution in [0.5, 0.6) is 5.75 Å². The third-order valence-electron chi connectivity index (χ3n) is 2.23. The molecular weight excluding hydrogens is 222 g/mol. The zero-order valence-corrected chi connectivity index (χ0v) is 9.66. The zero-order chi connectivity index (χ0) is 11.4. The van der Waals surface area contributed by atoms with Crippen LogP contribution in [0.1, 0.15) is 15.2 Å². The molecule has 0 amide bonds. The van der Waals surface area contributed by atoms with Gasteiger partial charge in [0.05, 0.1) is 12.6 Å². The number of ketones is 1. The van der Waals surface area contributed by atoms with Gasteiger partial charge in [0.2, 0.25) is 0 Å². The first-order chi connectivity index (χ1) is 7.79. The number of carbonyl (C=O) groups excluding carboxylic acids is 1. The number of ether oxygens (including phenoxy) is 1. The lowest BCUT2D eigenvalue weighted by atomic mass is 10.1. The monoisotopic (exact) mass is 233 g/mol. The summed E-state index contributed by atoms with van der Waals surface area (Å²) in [6.45, 7) is 0. The molecule has 0 N–H and O–H groups in total. The average molecular weight is 233 g/mol. The molecule has 0 radical (unpaired) electrons. The second-order valence-corrected chi connectivity index (χ2v) is 4.27. The van der Waals surface area contributed by atoms with Gasteiger partial charge in [-0.25, -0.2) is 0 Å². The predicted molar refractivity (Wildman–Crippen MR) is 63.1 cm³/mol. The first-order valence-electron chi connectivity index (χ1n) is 4.84. The predicted octanol–water partition coefficient (Wildman–Crippen LogP) is 2.58. The Kier molecular flexibility index (Phi) is 3.31. The number of carbonyl (C=O) groups is 1. The standard InChI is InChI=1S/C12H11NO2S/c1-15-10-4-2-9(3-5-10)12(14)6-11-7-13-8-16-11/h2-5,7-8H,6H2,1H3. The summed E-state index contributed by atoms with van der Waals surface area (Å²) < 4.78 is 5.04. The Hall–Kier alpha value is -1.68. The number of hydrogen-bond acceptors (Lipinski definition) is 4. The fraction of sp³-hybridized carbons (Fsp3) is 0.167. The van der Waals surface area contributed by atoms with Crippen LogP contribution in [0, 0.1) is 0 Å². The van der Waals surface area contributed by atoms with Crippen molar-refractivity contribution in [1.82, 2.24) is 4.98 Å². The zero-order valence-electron chi connectivity index (χ0n) is 8.84. The SMILES string of the molecule is COc1ccc(C(=O)Cc2cncs2)cc1. The maximum atomic E-state index is 11.8. The van der Waals surface area contributed by atoms with Crippen molar-refractivity contribution >= 4 is 17.1 Å². The number of methoxy groups -OCH3 is 1. The second-order valence-electron chi connectivity index (χ2n) is 3.30. The molecule has 1 aromatic heterocycles. The summed E-state index contributed by atoms with van der Waals surface area (Å²) in [5, 5.41) is 0. The van der Waals surface area contributed by atoms with Gasteiger partial charge in [-0.2, -0.15) is 0 Å². The van der Waals surface area contributed by atoms with Crippen molar-refractivity contribution in [2.45, 2.75) is 6.42 Å². The van der Waals surface area contributed by atoms with E-state index in [9.17, 15) is 4.79 Å². The molecule has 0 unspecified atom stereocenters. The maximum Gasteiger partial charge on any atom is 0.168 e. The van der Waals surface area contributed by atoms with E-state index in [4.69, 9.17) is 4.74 Å². The van der Waals surface area contributed by atoms with Crippen molar-refractivity contribution in [3.63, 3.8) is 0 Å². The Morgan fingerprint density at radius 2 is 2.12 bits per heavy atom. The van der Waals surface area contributed by atoms with Gasteiger partial charge in [-0.3, -0.25) is 9.78 Å². The van der Waals surface area contributed by atoms with Crippen LogP contribution >= 0.6 is 11.3 Å². The van der Waals surface area contributed by atoms with Crippen LogP contribution in [0.15, 0.2) is 36.0 Å². The molecule has 4 heteroatoms. The normalized spacial score (nSPS) is 10.1. The van der Waals surface area contributed by atoms with Gasteiger partial charge in [-0.15, -0.1) is 11.3 Å². The van der Waals surface area contributed by atoms with Gasteiger partial charge in [0.15, 0.2) is 5.78 Å². The number of hydrogen-bond donors (Lipinski definition) is 0. The highest BCUT2D eigenvalue weighted by molar-refractivity contribution is 7.09. The molecule has 3 nitrogen and oxygen atoms in total. The molecule has 0 aliphatic carbocycles. The van der Waals surface area contributed by atoms with Gasteiger partial charge in [-0.1, -0.05) is 0 Å². The smallest absolute Gasteiger partial charge is 0.168 e. The Balaban J connectivity index is 2.09. The van der Waals surface area contributed by atoms with Crippen LogP contribution in [0.25, 0.3) is 0 Å². The lowest BCUT2D eigenvalue weighted by Crippen LogP contribution is -2.01. The first-order valence-corrected chi connectivity index (χ1v) is 5.72. The first kappa shape index (κ1) is 10.8. The number of rotatable bonds is 4. The molecule has 0 bridgehead atoms. The molecule has 2 aromatic rings. The minimum Gasteiger partial charge on any atom is -0.497 e. The van der Waals surface area contributed by atoms with Crippen molar-refractivity contribution < 1.29 is 9.53 Å². The Morgan fingerprint density at radius 1 is 1.38 bits per heavy atom. The van der Waals surface area contributed by atoms with Crippen molar-refractivity contribution in [3.05, 3.63) is 46.4 Å². The Labute approximate surface area is 97.7 Å². The molecule has 0 saturated heterocycles. The molecule has 0 atom stereocenters. The molecule has 0 aliphatic rings. The number of Topliss-reactive ketones (excluding diaryl/α,β-unsaturated/α-hetero) is 1. The summed E-state index contributed by atoms with van der Waals surface area (Å²) >= 11 is 1.50. The highest BCUT2D eigenvalue weighted by Gasteiger charge is 2.07. The fourth-order valence-electron chi connectivity index (χ4n) is 1.37. The summed E-state index contributed by atoms with van der Waals surface area (Å²) in [6, 6.07) is 7.14. The second kappa shape index (κ2) is 4.90. The summed E-state index contributed by atoms with van der Waals surface area (Å²) in [5.41, 5.74) is 2.44. The van der Waals surface area contributed by atoms with E-state index in [2.05, 4.69) is 4.98 Å². The molecule has 1 aromatic carbocycles. The van der Waals surface area contributed by atoms with E-state index in [1.807, 2.05) is 0 Å². The quantitative estimate of drug-likeness (QED) is 0.762. The van der Waals surface area contributed by atoms with Crippen molar-refractivity contribution in [1.29, 1.82) is 0 Å². The summed E-state index contributed by atoms with van der Waals surface area (Å²) in [7, 11) is 1.61. The lowest BCUT2D eigenvalue weighted by molar-refractivity contribution is 0.0993. The van der Waals surface area contributed by atoms with Crippen LogP contribution in [-0.4, -0.2) is 17.9 Å². The van der Waals surface area contributed by atoms with E-state index in [1.165, 1.54) is 11.3 Å². The molecule has 0 fully saturated rings. The van der Waals surface area contributed by atoms with Gasteiger partial charge < -0.3 is 4.74 Å². The highest BCUT2D eigenvalue weighted by atomic mass is 32.1. The fourth-order valence-corrected chi connectivity index (χ4v) is 1.96. The number of nitrogens with zero attached hydrogens (tertiary/aromatic N) is 1. The number of aromatic nitrogens is 1. The van der Waals surface area contributed by atoms with E-state index in [0.29, 0.717) is 12.0 Å². The van der Waals surface area contributed by atoms with E-state index in [1.54, 1.807) is 43.1 Å². The molecule has 0 spiro atoms. The summed E-state index contributed by atoms with van der Waals surface area (Å²) in [4.78, 5) is 16.8. The van der Waals surface area contributed by atoms with Crippen molar-refractivity contribution in [3.8, 4) is 5.75 Å². The third-order valence-corrected chi connectivity index (χ3v) is 3.01. The average Bonchev–Trinajstić information content (AvgIpc) is 2.82. The number of thiazole rings is 1. The van der Waals surface area contributed by atoms with E-state index < -0.39 is 0 Å². The Morgan fingerprint density at radius 3 is 2.69 bits per heavy atom. The minimum atomic E-state index is 0.104. The topological polar surface area (TPSA) is 39.2 Å². The van der Waals surface area contributed by atoms with Crippen molar-refractivity contribution in [2.24, 2.45) is 0 Å². The van der Waals surface area contributed by atoms with E-state index in [-0.39, 0.29) is 5.78 Å². The van der Waals surface area contributed by atoms with E-state index in [0.717, 1.165) is 10.6 Å². The Bertz CT molecular complexity index is 462. The maximum absolute atomic E-state index is 11.8. The van der Waals surface area contributed by atoms with Crippen LogP contribution < -0.4 is 4.74 Å². The van der Waals surface area contributed by atoms with Gasteiger partial charge in [-0.05, 0) is 24.3 Å². The van der Waals surface area contributed by atoms with Gasteiger partial charge in [0.1, 0.15) is 5.75 Å². The van der Waals surface area contributed by atoms with Crippen LogP contribution in [0.2, 0.25) is 0 Å². The summed E-state index contributed by atoms with van der Waals surface area (Å²) in [6.07, 6.45) is 2.14. The number of benzene rings is 1. The molecule has 1 heterocycles. The molecule has 2 rings (SSSR count). The molecule has 0 saturated carbocycles. The van der Waals surface area contributed by atoms with Gasteiger partial charge >= 0.3 is 0 Å². The molecular formula is C12H11NO2S. The minimum absolute atomic E-state index is 0.104. The van der Waals surface area contributed by atoms with Gasteiger partial charge in [0.25, 0.3) is 0 Å². The van der Waals surface area contributed by atoms with Crippen LogP contribution in [0.4, 0.5) is 0 Å². The highest BCUT2D eigenvalue weighted by Crippen LogP contribution is 2.14. The third kappa shape index (κ3) is 2.46. The van der Waals surface area contributed by atoms with Crippen LogP contribution in [0.3, 0.4) is 0 Å². The summed E-state index contributed by atoms with van der Waals surface area (Å²) in [5.74, 6) is 0.862. The lowest BCUT2D eigenvalue weighted by Gasteiger charge is -2.01. The van der Waals surface area contributed by atoms with E-state index >= 15 is 0 Å². The molecule has 82 valence electrons.